The van der Waals surface area contributed by atoms with Crippen LogP contribution in [0, 0.1) is 6.92 Å². The summed E-state index contributed by atoms with van der Waals surface area (Å²) in [5.74, 6) is 0.889. The Kier molecular flexibility index (Phi) is 9.52. The van der Waals surface area contributed by atoms with Crippen LogP contribution in [-0.2, 0) is 9.84 Å². The van der Waals surface area contributed by atoms with Gasteiger partial charge in [0.1, 0.15) is 0 Å². The van der Waals surface area contributed by atoms with Gasteiger partial charge in [-0.05, 0) is 52.3 Å². The Morgan fingerprint density at radius 3 is 2.36 bits per heavy atom. The smallest absolute Gasteiger partial charge is 0.194 e. The lowest BCUT2D eigenvalue weighted by atomic mass is 10.2. The van der Waals surface area contributed by atoms with Crippen LogP contribution < -0.4 is 10.2 Å². The highest BCUT2D eigenvalue weighted by atomic mass is 127. The van der Waals surface area contributed by atoms with Crippen molar-refractivity contribution < 1.29 is 8.42 Å². The highest BCUT2D eigenvalue weighted by Gasteiger charge is 2.28. The predicted octanol–water partition coefficient (Wildman–Crippen LogP) is 2.91. The molecule has 0 aromatic heterocycles. The summed E-state index contributed by atoms with van der Waals surface area (Å²) in [6.45, 7) is 14.0. The summed E-state index contributed by atoms with van der Waals surface area (Å²) in [5, 5.41) is 3.30. The highest BCUT2D eigenvalue weighted by molar-refractivity contribution is 14.0. The van der Waals surface area contributed by atoms with Gasteiger partial charge in [-0.25, -0.2) is 8.42 Å². The average Bonchev–Trinajstić information content (AvgIpc) is 2.60. The summed E-state index contributed by atoms with van der Waals surface area (Å²) in [4.78, 5) is 9.19. The molecule has 0 atom stereocenters. The zero-order chi connectivity index (χ0) is 20.1. The molecule has 0 aliphatic carbocycles. The third-order valence-corrected chi connectivity index (χ3v) is 7.42. The fourth-order valence-corrected chi connectivity index (χ4v) is 3.95. The molecule has 1 aliphatic rings. The molecule has 1 fully saturated rings. The summed E-state index contributed by atoms with van der Waals surface area (Å²) in [5.41, 5.74) is 2.53. The summed E-state index contributed by atoms with van der Waals surface area (Å²) in [6, 6.07) is 8.57. The molecule has 160 valence electrons. The zero-order valence-electron chi connectivity index (χ0n) is 17.7. The summed E-state index contributed by atoms with van der Waals surface area (Å²) in [7, 11) is -3.15. The maximum absolute atomic E-state index is 12.3. The molecule has 8 heteroatoms. The van der Waals surface area contributed by atoms with E-state index in [1.54, 1.807) is 20.8 Å². The molecule has 0 amide bonds. The van der Waals surface area contributed by atoms with Crippen molar-refractivity contribution in [1.29, 1.82) is 0 Å². The van der Waals surface area contributed by atoms with Crippen molar-refractivity contribution in [3.8, 4) is 0 Å². The number of piperazine rings is 1. The van der Waals surface area contributed by atoms with Crippen LogP contribution in [0.3, 0.4) is 0 Å². The molecular weight excluding hydrogens is 487 g/mol. The first-order valence-corrected chi connectivity index (χ1v) is 11.4. The van der Waals surface area contributed by atoms with Crippen LogP contribution in [0.1, 0.15) is 33.3 Å². The minimum Gasteiger partial charge on any atom is -0.368 e. The molecule has 1 N–H and O–H groups in total. The minimum atomic E-state index is -3.15. The van der Waals surface area contributed by atoms with Crippen LogP contribution in [0.5, 0.6) is 0 Å². The Hall–Kier alpha value is -1.03. The number of nitrogens with one attached hydrogen (secondary N) is 1. The second-order valence-electron chi connectivity index (χ2n) is 7.98. The molecule has 1 heterocycles. The van der Waals surface area contributed by atoms with Crippen LogP contribution in [0.2, 0.25) is 0 Å². The largest absolute Gasteiger partial charge is 0.368 e. The number of sulfone groups is 1. The maximum Gasteiger partial charge on any atom is 0.194 e. The molecule has 2 rings (SSSR count). The van der Waals surface area contributed by atoms with E-state index in [1.165, 1.54) is 11.3 Å². The fraction of sp³-hybridized carbons (Fsp3) is 0.650. The number of aryl methyl sites for hydroxylation is 1. The van der Waals surface area contributed by atoms with Crippen LogP contribution in [0.25, 0.3) is 0 Å². The van der Waals surface area contributed by atoms with E-state index in [0.717, 1.165) is 38.7 Å². The zero-order valence-corrected chi connectivity index (χ0v) is 20.9. The first-order valence-electron chi connectivity index (χ1n) is 9.71. The highest BCUT2D eigenvalue weighted by Crippen LogP contribution is 2.18. The van der Waals surface area contributed by atoms with Gasteiger partial charge in [0, 0.05) is 38.4 Å². The van der Waals surface area contributed by atoms with Gasteiger partial charge >= 0.3 is 0 Å². The van der Waals surface area contributed by atoms with E-state index < -0.39 is 14.6 Å². The Morgan fingerprint density at radius 2 is 1.82 bits per heavy atom. The second kappa shape index (κ2) is 10.7. The van der Waals surface area contributed by atoms with E-state index in [-0.39, 0.29) is 29.7 Å². The number of guanidine groups is 1. The number of rotatable bonds is 5. The van der Waals surface area contributed by atoms with Crippen molar-refractivity contribution >= 4 is 45.5 Å². The Morgan fingerprint density at radius 1 is 1.18 bits per heavy atom. The van der Waals surface area contributed by atoms with Crippen molar-refractivity contribution in [1.82, 2.24) is 10.2 Å². The maximum atomic E-state index is 12.3. The van der Waals surface area contributed by atoms with Crippen molar-refractivity contribution in [3.05, 3.63) is 29.8 Å². The molecule has 0 bridgehead atoms. The second-order valence-corrected chi connectivity index (χ2v) is 10.8. The van der Waals surface area contributed by atoms with Gasteiger partial charge in [-0.3, -0.25) is 4.99 Å². The molecule has 28 heavy (non-hydrogen) atoms. The summed E-state index contributed by atoms with van der Waals surface area (Å²) in [6.07, 6.45) is 0. The molecule has 0 saturated carbocycles. The molecule has 0 unspecified atom stereocenters. The van der Waals surface area contributed by atoms with E-state index >= 15 is 0 Å². The lowest BCUT2D eigenvalue weighted by Crippen LogP contribution is -2.52. The van der Waals surface area contributed by atoms with E-state index in [0.29, 0.717) is 6.54 Å². The summed E-state index contributed by atoms with van der Waals surface area (Å²) < 4.78 is 23.8. The van der Waals surface area contributed by atoms with Gasteiger partial charge in [0.15, 0.2) is 15.8 Å². The number of benzene rings is 1. The summed E-state index contributed by atoms with van der Waals surface area (Å²) >= 11 is 0. The van der Waals surface area contributed by atoms with E-state index in [2.05, 4.69) is 51.3 Å². The monoisotopic (exact) mass is 522 g/mol. The molecule has 1 aromatic rings. The van der Waals surface area contributed by atoms with Crippen molar-refractivity contribution in [2.45, 2.75) is 39.4 Å². The van der Waals surface area contributed by atoms with E-state index in [1.807, 2.05) is 6.92 Å². The number of aliphatic imine (C=N–C) groups is 1. The number of hydrogen-bond donors (Lipinski definition) is 1. The molecule has 6 nitrogen and oxygen atoms in total. The number of hydrogen-bond acceptors (Lipinski definition) is 4. The topological polar surface area (TPSA) is 65.0 Å². The molecule has 0 radical (unpaired) electrons. The Labute approximate surface area is 187 Å². The van der Waals surface area contributed by atoms with Gasteiger partial charge < -0.3 is 15.1 Å². The fourth-order valence-electron chi connectivity index (χ4n) is 3.00. The average molecular weight is 522 g/mol. The molecular formula is C20H35IN4O2S. The third-order valence-electron chi connectivity index (χ3n) is 4.84. The number of halogens is 1. The first-order chi connectivity index (χ1) is 12.6. The van der Waals surface area contributed by atoms with Crippen LogP contribution in [-0.4, -0.2) is 69.0 Å². The predicted molar refractivity (Wildman–Crippen MR) is 130 cm³/mol. The quantitative estimate of drug-likeness (QED) is 0.366. The van der Waals surface area contributed by atoms with Gasteiger partial charge in [0.2, 0.25) is 0 Å². The van der Waals surface area contributed by atoms with Crippen molar-refractivity contribution in [2.75, 3.05) is 49.9 Å². The van der Waals surface area contributed by atoms with E-state index in [4.69, 9.17) is 0 Å². The van der Waals surface area contributed by atoms with E-state index in [9.17, 15) is 8.42 Å². The Bertz CT molecular complexity index is 752. The SMILES string of the molecule is CCNC(=NCCS(=O)(=O)C(C)(C)C)N1CCN(c2cccc(C)c2)CC1.I. The van der Waals surface area contributed by atoms with Crippen LogP contribution in [0.4, 0.5) is 5.69 Å². The first kappa shape index (κ1) is 25.0. The molecule has 1 aliphatic heterocycles. The normalized spacial score (nSPS) is 16.0. The van der Waals surface area contributed by atoms with Crippen molar-refractivity contribution in [2.24, 2.45) is 4.99 Å². The van der Waals surface area contributed by atoms with Gasteiger partial charge in [0.05, 0.1) is 17.0 Å². The third kappa shape index (κ3) is 6.79. The van der Waals surface area contributed by atoms with Gasteiger partial charge in [-0.1, -0.05) is 12.1 Å². The number of nitrogens with zero attached hydrogens (tertiary/aromatic N) is 3. The minimum absolute atomic E-state index is 0. The van der Waals surface area contributed by atoms with Gasteiger partial charge in [0.25, 0.3) is 0 Å². The standard InChI is InChI=1S/C20H34N4O2S.HI/c1-6-21-19(22-10-15-27(25,26)20(3,4)5)24-13-11-23(12-14-24)18-9-7-8-17(2)16-18;/h7-9,16H,6,10-15H2,1-5H3,(H,21,22);1H. The Balaban J connectivity index is 0.00000392. The van der Waals surface area contributed by atoms with Gasteiger partial charge in [-0.2, -0.15) is 0 Å². The lowest BCUT2D eigenvalue weighted by Gasteiger charge is -2.37. The van der Waals surface area contributed by atoms with Crippen molar-refractivity contribution in [3.63, 3.8) is 0 Å². The molecule has 1 saturated heterocycles. The molecule has 0 spiro atoms. The lowest BCUT2D eigenvalue weighted by molar-refractivity contribution is 0.373. The number of anilines is 1. The molecule has 1 aromatic carbocycles. The van der Waals surface area contributed by atoms with Crippen LogP contribution >= 0.6 is 24.0 Å². The van der Waals surface area contributed by atoms with Crippen LogP contribution in [0.15, 0.2) is 29.3 Å². The van der Waals surface area contributed by atoms with Gasteiger partial charge in [-0.15, -0.1) is 24.0 Å².